The Bertz CT molecular complexity index is 1100. The molecule has 0 amide bonds. The second kappa shape index (κ2) is 20.4. The molecule has 0 aromatic rings. The molecule has 0 saturated heterocycles. The number of carbonyl (C=O) groups is 2. The first kappa shape index (κ1) is 42.4. The maximum atomic E-state index is 13.5. The van der Waals surface area contributed by atoms with E-state index in [1.54, 1.807) is 0 Å². The Kier molecular flexibility index (Phi) is 16.9. The van der Waals surface area contributed by atoms with Crippen molar-refractivity contribution in [3.8, 4) is 0 Å². The minimum atomic E-state index is -0.465. The van der Waals surface area contributed by atoms with Gasteiger partial charge in [-0.25, -0.2) is 19.4 Å². The van der Waals surface area contributed by atoms with Crippen molar-refractivity contribution in [2.45, 2.75) is 209 Å². The van der Waals surface area contributed by atoms with Gasteiger partial charge in [0.05, 0.1) is 18.4 Å². The lowest BCUT2D eigenvalue weighted by Crippen LogP contribution is -2.55. The Labute approximate surface area is 314 Å². The number of hydrogen-bond donors (Lipinski definition) is 1. The second-order valence-corrected chi connectivity index (χ2v) is 19.0. The highest BCUT2D eigenvalue weighted by molar-refractivity contribution is 5.74. The molecule has 0 heterocycles. The first-order chi connectivity index (χ1) is 24.4. The van der Waals surface area contributed by atoms with E-state index >= 15 is 0 Å². The van der Waals surface area contributed by atoms with Crippen LogP contribution in [0, 0.1) is 58.2 Å². The number of allylic oxidation sites excluding steroid dienone is 1. The van der Waals surface area contributed by atoms with Crippen LogP contribution in [0.1, 0.15) is 203 Å². The monoisotopic (exact) mass is 713 g/mol. The topological polar surface area (TPSA) is 72.8 Å². The SMILES string of the molecule is CCCCCCCCCCCCCCCC(=O)OOC(=O)C(C)C1C[C@H](O)CC2=CC[C@H]3[C@@H]4CC[C@H]([C@H](C)CCCC(C)C)[C@@]4(C)CC[C@@H]3[C@@]21C. The lowest BCUT2D eigenvalue weighted by molar-refractivity contribution is -0.264. The van der Waals surface area contributed by atoms with Gasteiger partial charge in [-0.1, -0.05) is 156 Å². The van der Waals surface area contributed by atoms with Gasteiger partial charge in [0.25, 0.3) is 0 Å². The molecule has 51 heavy (non-hydrogen) atoms. The Morgan fingerprint density at radius 3 is 2.04 bits per heavy atom. The highest BCUT2D eigenvalue weighted by Crippen LogP contribution is 2.68. The highest BCUT2D eigenvalue weighted by atomic mass is 17.2. The van der Waals surface area contributed by atoms with Gasteiger partial charge in [0.2, 0.25) is 0 Å². The third-order valence-electron chi connectivity index (χ3n) is 15.2. The predicted molar refractivity (Wildman–Crippen MR) is 210 cm³/mol. The maximum Gasteiger partial charge on any atom is 0.358 e. The van der Waals surface area contributed by atoms with Gasteiger partial charge in [-0.05, 0) is 104 Å². The zero-order chi connectivity index (χ0) is 37.0. The van der Waals surface area contributed by atoms with Crippen LogP contribution in [0.2, 0.25) is 0 Å². The van der Waals surface area contributed by atoms with E-state index in [2.05, 4.69) is 47.6 Å². The fourth-order valence-electron chi connectivity index (χ4n) is 12.2. The molecule has 2 unspecified atom stereocenters. The van der Waals surface area contributed by atoms with Gasteiger partial charge in [0, 0.05) is 0 Å². The van der Waals surface area contributed by atoms with Crippen molar-refractivity contribution in [1.29, 1.82) is 0 Å². The number of carbonyl (C=O) groups excluding carboxylic acids is 2. The van der Waals surface area contributed by atoms with Crippen LogP contribution in [-0.4, -0.2) is 23.1 Å². The average molecular weight is 713 g/mol. The summed E-state index contributed by atoms with van der Waals surface area (Å²) in [5.41, 5.74) is 1.60. The van der Waals surface area contributed by atoms with Crippen LogP contribution in [0.15, 0.2) is 11.6 Å². The maximum absolute atomic E-state index is 13.5. The number of hydrogen-bond acceptors (Lipinski definition) is 5. The van der Waals surface area contributed by atoms with Gasteiger partial charge in [-0.15, -0.1) is 0 Å². The Balaban J connectivity index is 1.24. The Morgan fingerprint density at radius 1 is 0.784 bits per heavy atom. The van der Waals surface area contributed by atoms with E-state index < -0.39 is 24.0 Å². The predicted octanol–water partition coefficient (Wildman–Crippen LogP) is 12.7. The molecule has 0 bridgehead atoms. The average Bonchev–Trinajstić information content (AvgIpc) is 3.46. The zero-order valence-electron chi connectivity index (χ0n) is 34.3. The highest BCUT2D eigenvalue weighted by Gasteiger charge is 2.62. The molecule has 0 radical (unpaired) electrons. The minimum absolute atomic E-state index is 0.0379. The van der Waals surface area contributed by atoms with Crippen molar-refractivity contribution in [3.05, 3.63) is 11.6 Å². The van der Waals surface area contributed by atoms with Gasteiger partial charge >= 0.3 is 11.9 Å². The molecule has 5 nitrogen and oxygen atoms in total. The molecule has 5 heteroatoms. The fourth-order valence-corrected chi connectivity index (χ4v) is 12.2. The van der Waals surface area contributed by atoms with Gasteiger partial charge in [-0.2, -0.15) is 0 Å². The first-order valence-electron chi connectivity index (χ1n) is 22.2. The van der Waals surface area contributed by atoms with Crippen LogP contribution in [0.5, 0.6) is 0 Å². The standard InChI is InChI=1S/C46H80O5/c1-8-9-10-11-12-13-14-15-16-17-18-19-20-24-43(48)50-51-44(49)35(5)42-32-37(47)31-36-25-26-38-40-28-27-39(34(4)23-21-22-33(2)3)45(40,6)30-29-41(38)46(36,42)7/h25,33-35,37-42,47H,8-24,26-32H2,1-7H3/t34-,35?,37-,38+,39-,40+,41+,42?,45-,46-/m1/s1. The van der Waals surface area contributed by atoms with E-state index in [0.717, 1.165) is 49.4 Å². The summed E-state index contributed by atoms with van der Waals surface area (Å²) in [5, 5.41) is 11.0. The van der Waals surface area contributed by atoms with Gasteiger partial charge in [-0.3, -0.25) is 0 Å². The van der Waals surface area contributed by atoms with E-state index in [1.165, 1.54) is 115 Å². The summed E-state index contributed by atoms with van der Waals surface area (Å²) >= 11 is 0. The molecule has 0 aliphatic heterocycles. The molecule has 4 aliphatic carbocycles. The van der Waals surface area contributed by atoms with Crippen LogP contribution in [0.4, 0.5) is 0 Å². The molecular formula is C46H80O5. The molecule has 3 fully saturated rings. The summed E-state index contributed by atoms with van der Waals surface area (Å²) in [4.78, 5) is 36.4. The zero-order valence-corrected chi connectivity index (χ0v) is 34.3. The van der Waals surface area contributed by atoms with Crippen LogP contribution in [0.3, 0.4) is 0 Å². The number of fused-ring (bicyclic) bond motifs is 5. The molecule has 1 N–H and O–H groups in total. The largest absolute Gasteiger partial charge is 0.393 e. The third kappa shape index (κ3) is 10.9. The van der Waals surface area contributed by atoms with Crippen LogP contribution in [0.25, 0.3) is 0 Å². The van der Waals surface area contributed by atoms with Crippen molar-refractivity contribution in [3.63, 3.8) is 0 Å². The molecular weight excluding hydrogens is 633 g/mol. The summed E-state index contributed by atoms with van der Waals surface area (Å²) in [6, 6.07) is 0. The van der Waals surface area contributed by atoms with Gasteiger partial charge in [0.15, 0.2) is 0 Å². The van der Waals surface area contributed by atoms with Gasteiger partial charge in [0.1, 0.15) is 0 Å². The summed E-state index contributed by atoms with van der Waals surface area (Å²) in [6.07, 6.45) is 30.2. The molecule has 4 rings (SSSR count). The Morgan fingerprint density at radius 2 is 1.41 bits per heavy atom. The molecule has 0 aromatic heterocycles. The summed E-state index contributed by atoms with van der Waals surface area (Å²) in [5.74, 6) is 2.82. The molecule has 0 spiro atoms. The van der Waals surface area contributed by atoms with Gasteiger partial charge < -0.3 is 5.11 Å². The quantitative estimate of drug-likeness (QED) is 0.0555. The molecule has 3 saturated carbocycles. The first-order valence-corrected chi connectivity index (χ1v) is 22.2. The normalized spacial score (nSPS) is 32.8. The number of aliphatic hydroxyl groups excluding tert-OH is 1. The third-order valence-corrected chi connectivity index (χ3v) is 15.2. The summed E-state index contributed by atoms with van der Waals surface area (Å²) in [7, 11) is 0. The smallest absolute Gasteiger partial charge is 0.358 e. The van der Waals surface area contributed by atoms with E-state index in [-0.39, 0.29) is 17.8 Å². The number of unbranched alkanes of at least 4 members (excludes halogenated alkanes) is 12. The van der Waals surface area contributed by atoms with Crippen LogP contribution in [-0.2, 0) is 19.4 Å². The van der Waals surface area contributed by atoms with E-state index in [0.29, 0.717) is 30.1 Å². The van der Waals surface area contributed by atoms with Crippen molar-refractivity contribution in [2.24, 2.45) is 58.2 Å². The molecule has 10 atom stereocenters. The second-order valence-electron chi connectivity index (χ2n) is 19.0. The molecule has 294 valence electrons. The van der Waals surface area contributed by atoms with Crippen LogP contribution < -0.4 is 0 Å². The Hall–Kier alpha value is -1.36. The van der Waals surface area contributed by atoms with E-state index in [1.807, 2.05) is 6.92 Å². The van der Waals surface area contributed by atoms with Crippen molar-refractivity contribution < 1.29 is 24.5 Å². The van der Waals surface area contributed by atoms with E-state index in [9.17, 15) is 14.7 Å². The van der Waals surface area contributed by atoms with Crippen molar-refractivity contribution in [1.82, 2.24) is 0 Å². The summed E-state index contributed by atoms with van der Waals surface area (Å²) < 4.78 is 0. The minimum Gasteiger partial charge on any atom is -0.393 e. The lowest BCUT2D eigenvalue weighted by Gasteiger charge is -2.61. The summed E-state index contributed by atoms with van der Waals surface area (Å²) in [6.45, 7) is 16.5. The fraction of sp³-hybridized carbons (Fsp3) is 0.913. The van der Waals surface area contributed by atoms with Crippen LogP contribution >= 0.6 is 0 Å². The molecule has 4 aliphatic rings. The number of aliphatic hydroxyl groups is 1. The van der Waals surface area contributed by atoms with Crippen molar-refractivity contribution in [2.75, 3.05) is 0 Å². The molecule has 0 aromatic carbocycles. The lowest BCUT2D eigenvalue weighted by atomic mass is 9.43. The number of rotatable bonds is 21. The van der Waals surface area contributed by atoms with Crippen molar-refractivity contribution >= 4 is 11.9 Å². The van der Waals surface area contributed by atoms with E-state index in [4.69, 9.17) is 9.78 Å².